The molecule has 0 saturated carbocycles. The van der Waals surface area contributed by atoms with Gasteiger partial charge in [-0.15, -0.1) is 0 Å². The third-order valence-electron chi connectivity index (χ3n) is 2.66. The Morgan fingerprint density at radius 3 is 3.06 bits per heavy atom. The second-order valence-electron chi connectivity index (χ2n) is 3.89. The molecule has 1 amide bonds. The number of hydrogen-bond donors (Lipinski definition) is 2. The van der Waals surface area contributed by atoms with E-state index < -0.39 is 0 Å². The molecule has 0 spiro atoms. The molecule has 0 bridgehead atoms. The van der Waals surface area contributed by atoms with Crippen LogP contribution in [0.4, 0.5) is 0 Å². The Bertz CT molecular complexity index is 369. The third-order valence-corrected chi connectivity index (χ3v) is 2.66. The summed E-state index contributed by atoms with van der Waals surface area (Å²) in [5.74, 6) is -0.0469. The fraction of sp³-hybridized carbons (Fsp3) is 0.417. The first-order valence-corrected chi connectivity index (χ1v) is 5.47. The first-order valence-electron chi connectivity index (χ1n) is 5.47. The van der Waals surface area contributed by atoms with Crippen LogP contribution in [0, 0.1) is 0 Å². The average molecular weight is 220 g/mol. The lowest BCUT2D eigenvalue weighted by Crippen LogP contribution is -2.38. The molecule has 1 unspecified atom stereocenters. The predicted molar refractivity (Wildman–Crippen MR) is 60.9 cm³/mol. The smallest absolute Gasteiger partial charge is 0.246 e. The van der Waals surface area contributed by atoms with Crippen LogP contribution in [0.25, 0.3) is 0 Å². The zero-order chi connectivity index (χ0) is 11.4. The predicted octanol–water partition coefficient (Wildman–Crippen LogP) is 0.375. The molecule has 1 fully saturated rings. The Morgan fingerprint density at radius 2 is 2.38 bits per heavy atom. The van der Waals surface area contributed by atoms with Gasteiger partial charge in [-0.1, -0.05) is 24.3 Å². The van der Waals surface area contributed by atoms with Crippen LogP contribution >= 0.6 is 0 Å². The van der Waals surface area contributed by atoms with Crippen molar-refractivity contribution >= 4 is 5.91 Å². The van der Waals surface area contributed by atoms with Gasteiger partial charge in [0.15, 0.2) is 0 Å². The van der Waals surface area contributed by atoms with E-state index in [1.54, 1.807) is 0 Å². The van der Waals surface area contributed by atoms with E-state index in [1.807, 2.05) is 12.1 Å². The molecule has 0 aliphatic carbocycles. The van der Waals surface area contributed by atoms with Gasteiger partial charge in [-0.25, -0.2) is 0 Å². The number of benzene rings is 1. The SMILES string of the molecule is NCCc1cccc(C2CNC(=O)CO2)c1. The molecule has 2 rings (SSSR count). The van der Waals surface area contributed by atoms with Crippen LogP contribution in [0.5, 0.6) is 0 Å². The quantitative estimate of drug-likeness (QED) is 0.773. The molecule has 3 N–H and O–H groups in total. The fourth-order valence-electron chi connectivity index (χ4n) is 1.82. The number of carbonyl (C=O) groups is 1. The summed E-state index contributed by atoms with van der Waals surface area (Å²) in [5, 5.41) is 2.79. The van der Waals surface area contributed by atoms with Gasteiger partial charge in [-0.2, -0.15) is 0 Å². The molecule has 1 heterocycles. The van der Waals surface area contributed by atoms with Crippen molar-refractivity contribution in [2.45, 2.75) is 12.5 Å². The minimum atomic E-state index is -0.0469. The molecular weight excluding hydrogens is 204 g/mol. The van der Waals surface area contributed by atoms with E-state index in [0.717, 1.165) is 12.0 Å². The molecule has 1 aromatic carbocycles. The molecular formula is C12H16N2O2. The van der Waals surface area contributed by atoms with Crippen LogP contribution < -0.4 is 11.1 Å². The van der Waals surface area contributed by atoms with Crippen molar-refractivity contribution in [1.82, 2.24) is 5.32 Å². The normalized spacial score (nSPS) is 20.6. The number of nitrogens with two attached hydrogens (primary N) is 1. The molecule has 4 heteroatoms. The second-order valence-corrected chi connectivity index (χ2v) is 3.89. The highest BCUT2D eigenvalue weighted by molar-refractivity contribution is 5.77. The Kier molecular flexibility index (Phi) is 3.54. The maximum atomic E-state index is 11.0. The van der Waals surface area contributed by atoms with Crippen molar-refractivity contribution in [3.05, 3.63) is 35.4 Å². The van der Waals surface area contributed by atoms with Gasteiger partial charge in [0, 0.05) is 6.54 Å². The minimum Gasteiger partial charge on any atom is -0.362 e. The summed E-state index contributed by atoms with van der Waals surface area (Å²) in [5.41, 5.74) is 7.83. The molecule has 86 valence electrons. The topological polar surface area (TPSA) is 64.3 Å². The lowest BCUT2D eigenvalue weighted by Gasteiger charge is -2.23. The lowest BCUT2D eigenvalue weighted by molar-refractivity contribution is -0.133. The Labute approximate surface area is 94.8 Å². The minimum absolute atomic E-state index is 0.0320. The van der Waals surface area contributed by atoms with Crippen LogP contribution in [0.1, 0.15) is 17.2 Å². The molecule has 1 aromatic rings. The van der Waals surface area contributed by atoms with Crippen molar-refractivity contribution in [3.63, 3.8) is 0 Å². The van der Waals surface area contributed by atoms with Crippen LogP contribution in [-0.4, -0.2) is 25.6 Å². The molecule has 4 nitrogen and oxygen atoms in total. The molecule has 1 atom stereocenters. The molecule has 0 aromatic heterocycles. The van der Waals surface area contributed by atoms with Crippen LogP contribution in [-0.2, 0) is 16.0 Å². The summed E-state index contributed by atoms with van der Waals surface area (Å²) in [6, 6.07) is 8.16. The zero-order valence-electron chi connectivity index (χ0n) is 9.11. The number of nitrogens with one attached hydrogen (secondary N) is 1. The highest BCUT2D eigenvalue weighted by Crippen LogP contribution is 2.20. The maximum absolute atomic E-state index is 11.0. The van der Waals surface area contributed by atoms with Gasteiger partial charge >= 0.3 is 0 Å². The van der Waals surface area contributed by atoms with Crippen molar-refractivity contribution in [3.8, 4) is 0 Å². The van der Waals surface area contributed by atoms with Gasteiger partial charge in [0.2, 0.25) is 5.91 Å². The van der Waals surface area contributed by atoms with Gasteiger partial charge in [-0.05, 0) is 24.1 Å². The van der Waals surface area contributed by atoms with E-state index in [9.17, 15) is 4.79 Å². The van der Waals surface area contributed by atoms with Crippen molar-refractivity contribution < 1.29 is 9.53 Å². The summed E-state index contributed by atoms with van der Waals surface area (Å²) in [6.45, 7) is 1.34. The van der Waals surface area contributed by atoms with E-state index in [0.29, 0.717) is 13.1 Å². The van der Waals surface area contributed by atoms with Crippen LogP contribution in [0.15, 0.2) is 24.3 Å². The van der Waals surface area contributed by atoms with Gasteiger partial charge < -0.3 is 15.8 Å². The van der Waals surface area contributed by atoms with Crippen molar-refractivity contribution in [1.29, 1.82) is 0 Å². The summed E-state index contributed by atoms with van der Waals surface area (Å²) < 4.78 is 5.47. The first kappa shape index (κ1) is 11.1. The molecule has 1 saturated heterocycles. The monoisotopic (exact) mass is 220 g/mol. The zero-order valence-corrected chi connectivity index (χ0v) is 9.11. The number of rotatable bonds is 3. The molecule has 1 aliphatic heterocycles. The number of carbonyl (C=O) groups excluding carboxylic acids is 1. The first-order chi connectivity index (χ1) is 7.79. The lowest BCUT2D eigenvalue weighted by atomic mass is 10.0. The van der Waals surface area contributed by atoms with E-state index in [1.165, 1.54) is 5.56 Å². The number of ether oxygens (including phenoxy) is 1. The Balaban J connectivity index is 2.08. The van der Waals surface area contributed by atoms with Gasteiger partial charge in [0.1, 0.15) is 12.7 Å². The van der Waals surface area contributed by atoms with Gasteiger partial charge in [0.05, 0.1) is 0 Å². The van der Waals surface area contributed by atoms with E-state index in [4.69, 9.17) is 10.5 Å². The maximum Gasteiger partial charge on any atom is 0.246 e. The van der Waals surface area contributed by atoms with Crippen LogP contribution in [0.2, 0.25) is 0 Å². The summed E-state index contributed by atoms with van der Waals surface area (Å²) in [7, 11) is 0. The number of morpholine rings is 1. The second kappa shape index (κ2) is 5.09. The number of amides is 1. The number of hydrogen-bond acceptors (Lipinski definition) is 3. The van der Waals surface area contributed by atoms with E-state index in [2.05, 4.69) is 17.4 Å². The highest BCUT2D eigenvalue weighted by Gasteiger charge is 2.19. The molecule has 16 heavy (non-hydrogen) atoms. The van der Waals surface area contributed by atoms with E-state index >= 15 is 0 Å². The Hall–Kier alpha value is -1.39. The van der Waals surface area contributed by atoms with Gasteiger partial charge in [0.25, 0.3) is 0 Å². The fourth-order valence-corrected chi connectivity index (χ4v) is 1.82. The van der Waals surface area contributed by atoms with Crippen LogP contribution in [0.3, 0.4) is 0 Å². The summed E-state index contributed by atoms with van der Waals surface area (Å²) >= 11 is 0. The highest BCUT2D eigenvalue weighted by atomic mass is 16.5. The van der Waals surface area contributed by atoms with E-state index in [-0.39, 0.29) is 18.6 Å². The standard InChI is InChI=1S/C12H16N2O2/c13-5-4-9-2-1-3-10(6-9)11-7-14-12(15)8-16-11/h1-3,6,11H,4-5,7-8,13H2,(H,14,15). The largest absolute Gasteiger partial charge is 0.362 e. The third kappa shape index (κ3) is 2.59. The van der Waals surface area contributed by atoms with Crippen molar-refractivity contribution in [2.75, 3.05) is 19.7 Å². The summed E-state index contributed by atoms with van der Waals surface area (Å²) in [6.07, 6.45) is 0.836. The summed E-state index contributed by atoms with van der Waals surface area (Å²) in [4.78, 5) is 11.0. The Morgan fingerprint density at radius 1 is 1.50 bits per heavy atom. The molecule has 1 aliphatic rings. The van der Waals surface area contributed by atoms with Crippen molar-refractivity contribution in [2.24, 2.45) is 5.73 Å². The van der Waals surface area contributed by atoms with Gasteiger partial charge in [-0.3, -0.25) is 4.79 Å². The molecule has 0 radical (unpaired) electrons. The average Bonchev–Trinajstić information content (AvgIpc) is 2.31.